The first-order chi connectivity index (χ1) is 10.6. The summed E-state index contributed by atoms with van der Waals surface area (Å²) >= 11 is 0. The Hall–Kier alpha value is -2.17. The van der Waals surface area contributed by atoms with Gasteiger partial charge in [0.25, 0.3) is 5.91 Å². The molecule has 1 aromatic rings. The van der Waals surface area contributed by atoms with Crippen molar-refractivity contribution in [3.05, 3.63) is 30.3 Å². The summed E-state index contributed by atoms with van der Waals surface area (Å²) in [6, 6.07) is 9.23. The summed E-state index contributed by atoms with van der Waals surface area (Å²) in [6.07, 6.45) is 2.12. The lowest BCUT2D eigenvalue weighted by Crippen LogP contribution is -2.39. The Bertz CT molecular complexity index is 565. The zero-order valence-corrected chi connectivity index (χ0v) is 13.4. The fourth-order valence-corrected chi connectivity index (χ4v) is 2.54. The van der Waals surface area contributed by atoms with Crippen LogP contribution in [-0.4, -0.2) is 29.5 Å². The third-order valence-corrected chi connectivity index (χ3v) is 3.98. The van der Waals surface area contributed by atoms with Gasteiger partial charge in [-0.05, 0) is 31.9 Å². The molecule has 5 heteroatoms. The predicted molar refractivity (Wildman–Crippen MR) is 88.0 cm³/mol. The molecule has 0 saturated carbocycles. The molecule has 5 nitrogen and oxygen atoms in total. The molecule has 1 aliphatic rings. The molecule has 0 saturated heterocycles. The number of Topliss-reactive ketones (excluding diaryl/α,β-unsaturated/α-hetero) is 1. The van der Waals surface area contributed by atoms with E-state index in [-0.39, 0.29) is 17.7 Å². The normalized spacial score (nSPS) is 17.5. The Morgan fingerprint density at radius 1 is 1.27 bits per heavy atom. The molecule has 22 heavy (non-hydrogen) atoms. The van der Waals surface area contributed by atoms with Crippen molar-refractivity contribution in [2.75, 3.05) is 5.01 Å². The molecule has 1 heterocycles. The Kier molecular flexibility index (Phi) is 5.31. The fraction of sp³-hybridized carbons (Fsp3) is 0.471. The molecule has 0 aliphatic carbocycles. The van der Waals surface area contributed by atoms with Crippen LogP contribution in [0.4, 0.5) is 5.69 Å². The minimum Gasteiger partial charge on any atom is -0.348 e. The molecule has 1 N–H and O–H groups in total. The Balaban J connectivity index is 2.20. The number of rotatable bonds is 6. The van der Waals surface area contributed by atoms with E-state index in [1.807, 2.05) is 44.2 Å². The summed E-state index contributed by atoms with van der Waals surface area (Å²) in [7, 11) is 0. The average Bonchev–Trinajstić information content (AvgIpc) is 2.99. The van der Waals surface area contributed by atoms with Gasteiger partial charge in [0.15, 0.2) is 5.78 Å². The maximum absolute atomic E-state index is 12.3. The molecule has 1 aromatic carbocycles. The van der Waals surface area contributed by atoms with Crippen LogP contribution in [-0.2, 0) is 9.59 Å². The van der Waals surface area contributed by atoms with Crippen LogP contribution in [0.5, 0.6) is 0 Å². The molecule has 1 unspecified atom stereocenters. The molecular weight excluding hydrogens is 278 g/mol. The van der Waals surface area contributed by atoms with Gasteiger partial charge >= 0.3 is 0 Å². The van der Waals surface area contributed by atoms with Crippen LogP contribution < -0.4 is 10.3 Å². The number of ketones is 1. The number of nitrogens with zero attached hydrogens (tertiary/aromatic N) is 2. The first-order valence-corrected chi connectivity index (χ1v) is 7.79. The molecule has 118 valence electrons. The second-order valence-corrected chi connectivity index (χ2v) is 5.54. The summed E-state index contributed by atoms with van der Waals surface area (Å²) in [5.41, 5.74) is 1.25. The van der Waals surface area contributed by atoms with Crippen molar-refractivity contribution >= 4 is 23.1 Å². The van der Waals surface area contributed by atoms with Gasteiger partial charge in [-0.2, -0.15) is 5.10 Å². The van der Waals surface area contributed by atoms with Crippen molar-refractivity contribution in [3.8, 4) is 0 Å². The predicted octanol–water partition coefficient (Wildman–Crippen LogP) is 2.52. The Labute approximate surface area is 131 Å². The number of benzene rings is 1. The van der Waals surface area contributed by atoms with E-state index in [0.29, 0.717) is 12.1 Å². The van der Waals surface area contributed by atoms with Crippen molar-refractivity contribution in [2.45, 2.75) is 52.1 Å². The molecular formula is C17H23N3O2. The second-order valence-electron chi connectivity index (χ2n) is 5.54. The number of hydrogen-bond donors (Lipinski definition) is 1. The number of hydrazone groups is 1. The van der Waals surface area contributed by atoms with Gasteiger partial charge < -0.3 is 5.32 Å². The number of carbonyl (C=O) groups excluding carboxylic acids is 2. The van der Waals surface area contributed by atoms with Gasteiger partial charge in [0.05, 0.1) is 5.69 Å². The van der Waals surface area contributed by atoms with Gasteiger partial charge in [-0.1, -0.05) is 32.0 Å². The van der Waals surface area contributed by atoms with Gasteiger partial charge in [0.2, 0.25) is 0 Å². The van der Waals surface area contributed by atoms with Crippen LogP contribution in [0.15, 0.2) is 35.4 Å². The minimum atomic E-state index is -0.398. The van der Waals surface area contributed by atoms with Gasteiger partial charge in [0.1, 0.15) is 11.8 Å². The van der Waals surface area contributed by atoms with Crippen molar-refractivity contribution in [1.29, 1.82) is 0 Å². The third kappa shape index (κ3) is 3.53. The number of para-hydroxylation sites is 1. The summed E-state index contributed by atoms with van der Waals surface area (Å²) in [4.78, 5) is 24.2. The first-order valence-electron chi connectivity index (χ1n) is 7.79. The number of amides is 1. The standard InChI is InChI=1S/C17H23N3O2/c1-4-13(5-2)18-17(22)15-11-16(12(3)21)20(19-15)14-9-7-6-8-10-14/h6-10,13,16H,4-5,11H2,1-3H3,(H,18,22). The maximum atomic E-state index is 12.3. The largest absolute Gasteiger partial charge is 0.348 e. The van der Waals surface area contributed by atoms with Crippen LogP contribution in [0.2, 0.25) is 0 Å². The number of anilines is 1. The highest BCUT2D eigenvalue weighted by molar-refractivity contribution is 6.40. The van der Waals surface area contributed by atoms with Gasteiger partial charge in [-0.25, -0.2) is 0 Å². The highest BCUT2D eigenvalue weighted by Gasteiger charge is 2.34. The van der Waals surface area contributed by atoms with Crippen molar-refractivity contribution in [3.63, 3.8) is 0 Å². The lowest BCUT2D eigenvalue weighted by Gasteiger charge is -2.20. The van der Waals surface area contributed by atoms with Crippen LogP contribution in [0.3, 0.4) is 0 Å². The van der Waals surface area contributed by atoms with E-state index in [4.69, 9.17) is 0 Å². The van der Waals surface area contributed by atoms with E-state index in [1.165, 1.54) is 6.92 Å². The SMILES string of the molecule is CCC(CC)NC(=O)C1=NN(c2ccccc2)C(C(C)=O)C1. The van der Waals surface area contributed by atoms with E-state index in [9.17, 15) is 9.59 Å². The molecule has 0 spiro atoms. The topological polar surface area (TPSA) is 61.8 Å². The highest BCUT2D eigenvalue weighted by Crippen LogP contribution is 2.25. The molecule has 0 bridgehead atoms. The zero-order valence-electron chi connectivity index (χ0n) is 13.4. The van der Waals surface area contributed by atoms with Crippen LogP contribution in [0.1, 0.15) is 40.0 Å². The van der Waals surface area contributed by atoms with E-state index >= 15 is 0 Å². The van der Waals surface area contributed by atoms with Crippen molar-refractivity contribution in [2.24, 2.45) is 5.10 Å². The average molecular weight is 301 g/mol. The van der Waals surface area contributed by atoms with E-state index in [1.54, 1.807) is 5.01 Å². The van der Waals surface area contributed by atoms with Crippen molar-refractivity contribution in [1.82, 2.24) is 5.32 Å². The van der Waals surface area contributed by atoms with Crippen LogP contribution >= 0.6 is 0 Å². The Morgan fingerprint density at radius 2 is 1.91 bits per heavy atom. The summed E-state index contributed by atoms with van der Waals surface area (Å²) in [5.74, 6) is -0.156. The van der Waals surface area contributed by atoms with Crippen molar-refractivity contribution < 1.29 is 9.59 Å². The lowest BCUT2D eigenvalue weighted by atomic mass is 10.1. The fourth-order valence-electron chi connectivity index (χ4n) is 2.54. The summed E-state index contributed by atoms with van der Waals surface area (Å²) < 4.78 is 0. The smallest absolute Gasteiger partial charge is 0.267 e. The van der Waals surface area contributed by atoms with E-state index in [2.05, 4.69) is 10.4 Å². The van der Waals surface area contributed by atoms with Gasteiger partial charge in [0, 0.05) is 12.5 Å². The van der Waals surface area contributed by atoms with E-state index in [0.717, 1.165) is 18.5 Å². The monoisotopic (exact) mass is 301 g/mol. The molecule has 1 aliphatic heterocycles. The van der Waals surface area contributed by atoms with Gasteiger partial charge in [-0.3, -0.25) is 14.6 Å². The quantitative estimate of drug-likeness (QED) is 0.878. The third-order valence-electron chi connectivity index (χ3n) is 3.98. The molecule has 0 radical (unpaired) electrons. The first kappa shape index (κ1) is 16.2. The van der Waals surface area contributed by atoms with Crippen LogP contribution in [0.25, 0.3) is 0 Å². The van der Waals surface area contributed by atoms with Crippen LogP contribution in [0, 0.1) is 0 Å². The summed E-state index contributed by atoms with van der Waals surface area (Å²) in [5, 5.41) is 9.04. The molecule has 1 amide bonds. The highest BCUT2D eigenvalue weighted by atomic mass is 16.2. The maximum Gasteiger partial charge on any atom is 0.267 e. The Morgan fingerprint density at radius 3 is 2.45 bits per heavy atom. The molecule has 0 aromatic heterocycles. The molecule has 2 rings (SSSR count). The molecule has 0 fully saturated rings. The number of nitrogens with one attached hydrogen (secondary N) is 1. The van der Waals surface area contributed by atoms with E-state index < -0.39 is 6.04 Å². The zero-order chi connectivity index (χ0) is 16.1. The second kappa shape index (κ2) is 7.20. The molecule has 1 atom stereocenters. The van der Waals surface area contributed by atoms with Gasteiger partial charge in [-0.15, -0.1) is 0 Å². The number of carbonyl (C=O) groups is 2. The summed E-state index contributed by atoms with van der Waals surface area (Å²) in [6.45, 7) is 5.62. The number of hydrogen-bond acceptors (Lipinski definition) is 4. The lowest BCUT2D eigenvalue weighted by molar-refractivity contribution is -0.118. The minimum absolute atomic E-state index is 0.0120.